The topological polar surface area (TPSA) is 60.4 Å². The molecule has 0 bridgehead atoms. The number of unbranched alkanes of at least 4 members (excludes halogenated alkanes) is 10. The molecule has 0 atom stereocenters. The Bertz CT molecular complexity index is 871. The Morgan fingerprint density at radius 1 is 0.788 bits per heavy atom. The molecule has 0 heterocycles. The van der Waals surface area contributed by atoms with Crippen LogP contribution in [0.3, 0.4) is 0 Å². The van der Waals surface area contributed by atoms with Crippen LogP contribution in [0.5, 0.6) is 0 Å². The predicted octanol–water partition coefficient (Wildman–Crippen LogP) is 7.92. The second-order valence-corrected chi connectivity index (χ2v) is 9.26. The Balaban J connectivity index is 1.83. The predicted molar refractivity (Wildman–Crippen MR) is 133 cm³/mol. The van der Waals surface area contributed by atoms with Gasteiger partial charge in [0, 0.05) is 17.5 Å². The van der Waals surface area contributed by atoms with Gasteiger partial charge in [-0.1, -0.05) is 107 Å². The van der Waals surface area contributed by atoms with Crippen LogP contribution in [-0.4, -0.2) is 17.5 Å². The number of rotatable bonds is 15. The lowest BCUT2D eigenvalue weighted by Crippen LogP contribution is -2.25. The summed E-state index contributed by atoms with van der Waals surface area (Å²) in [6.07, 6.45) is 15.7. The molecule has 0 aliphatic heterocycles. The lowest BCUT2D eigenvalue weighted by Gasteiger charge is -2.20. The quantitative estimate of drug-likeness (QED) is 0.154. The normalized spacial score (nSPS) is 13.2. The first kappa shape index (κ1) is 26.8. The van der Waals surface area contributed by atoms with Gasteiger partial charge in [0.15, 0.2) is 11.5 Å². The maximum atomic E-state index is 13.0. The molecular formula is C29H40O4. The van der Waals surface area contributed by atoms with Gasteiger partial charge in [-0.05, 0) is 26.7 Å². The van der Waals surface area contributed by atoms with E-state index in [2.05, 4.69) is 6.92 Å². The van der Waals surface area contributed by atoms with E-state index >= 15 is 0 Å². The Morgan fingerprint density at radius 2 is 1.30 bits per heavy atom. The molecule has 0 N–H and O–H groups in total. The Hall–Kier alpha value is -2.49. The fraction of sp³-hybridized carbons (Fsp3) is 0.552. The molecule has 1 aliphatic carbocycles. The second-order valence-electron chi connectivity index (χ2n) is 9.26. The average molecular weight is 453 g/mol. The van der Waals surface area contributed by atoms with E-state index < -0.39 is 5.97 Å². The summed E-state index contributed by atoms with van der Waals surface area (Å²) in [7, 11) is 0. The fourth-order valence-electron chi connectivity index (χ4n) is 4.10. The number of hydrogen-bond acceptors (Lipinski definition) is 4. The van der Waals surface area contributed by atoms with Gasteiger partial charge in [-0.25, -0.2) is 0 Å². The first-order chi connectivity index (χ1) is 16.0. The molecule has 1 aromatic rings. The number of allylic oxidation sites excluding steroid dienone is 4. The molecule has 2 rings (SSSR count). The number of Topliss-reactive ketones (excluding diaryl/α,β-unsaturated/α-hetero) is 2. The summed E-state index contributed by atoms with van der Waals surface area (Å²) in [5, 5.41) is 0. The van der Waals surface area contributed by atoms with E-state index in [1.54, 1.807) is 24.3 Å². The van der Waals surface area contributed by atoms with Crippen LogP contribution in [0.25, 0.3) is 0 Å². The number of carbonyl (C=O) groups excluding carboxylic acids is 3. The van der Waals surface area contributed by atoms with Crippen molar-refractivity contribution in [2.75, 3.05) is 0 Å². The molecule has 33 heavy (non-hydrogen) atoms. The molecule has 1 aromatic carbocycles. The van der Waals surface area contributed by atoms with Gasteiger partial charge in [-0.15, -0.1) is 0 Å². The number of hydrogen-bond donors (Lipinski definition) is 0. The minimum atomic E-state index is -0.434. The highest BCUT2D eigenvalue weighted by atomic mass is 16.5. The van der Waals surface area contributed by atoms with Gasteiger partial charge in [0.1, 0.15) is 0 Å². The number of fused-ring (bicyclic) bond motifs is 1. The maximum Gasteiger partial charge on any atom is 0.311 e. The van der Waals surface area contributed by atoms with Gasteiger partial charge in [-0.3, -0.25) is 14.4 Å². The third-order valence-corrected chi connectivity index (χ3v) is 6.09. The molecule has 0 saturated heterocycles. The molecule has 4 heteroatoms. The minimum Gasteiger partial charge on any atom is -0.422 e. The van der Waals surface area contributed by atoms with Crippen molar-refractivity contribution < 1.29 is 19.1 Å². The largest absolute Gasteiger partial charge is 0.422 e. The van der Waals surface area contributed by atoms with Crippen molar-refractivity contribution >= 4 is 17.5 Å². The summed E-state index contributed by atoms with van der Waals surface area (Å²) in [5.41, 5.74) is 1.99. The van der Waals surface area contributed by atoms with Crippen LogP contribution in [0.15, 0.2) is 47.2 Å². The molecule has 0 radical (unpaired) electrons. The van der Waals surface area contributed by atoms with Crippen LogP contribution < -0.4 is 0 Å². The average Bonchev–Trinajstić information content (AvgIpc) is 2.80. The molecule has 180 valence electrons. The van der Waals surface area contributed by atoms with Crippen LogP contribution in [0.4, 0.5) is 0 Å². The van der Waals surface area contributed by atoms with Crippen LogP contribution >= 0.6 is 0 Å². The fourth-order valence-corrected chi connectivity index (χ4v) is 4.10. The number of carbonyl (C=O) groups is 3. The van der Waals surface area contributed by atoms with E-state index in [1.807, 2.05) is 19.9 Å². The molecule has 0 amide bonds. The van der Waals surface area contributed by atoms with E-state index in [0.29, 0.717) is 11.1 Å². The molecule has 0 spiro atoms. The number of ketones is 2. The summed E-state index contributed by atoms with van der Waals surface area (Å²) >= 11 is 0. The standard InChI is InChI=1S/C29H40O4/c1-4-5-6-7-8-9-10-11-12-13-14-19-26(30)33-29-25(21-20-22(2)3)27(31)23-17-15-16-18-24(23)28(29)32/h15-18,20H,4-14,19,21H2,1-3H3. The van der Waals surface area contributed by atoms with Crippen molar-refractivity contribution in [1.29, 1.82) is 0 Å². The lowest BCUT2D eigenvalue weighted by atomic mass is 9.86. The van der Waals surface area contributed by atoms with Crippen molar-refractivity contribution in [2.45, 2.75) is 104 Å². The highest BCUT2D eigenvalue weighted by Gasteiger charge is 2.33. The highest BCUT2D eigenvalue weighted by molar-refractivity contribution is 6.26. The van der Waals surface area contributed by atoms with E-state index in [9.17, 15) is 14.4 Å². The van der Waals surface area contributed by atoms with Gasteiger partial charge < -0.3 is 4.74 Å². The van der Waals surface area contributed by atoms with E-state index in [0.717, 1.165) is 24.8 Å². The minimum absolute atomic E-state index is 0.0933. The summed E-state index contributed by atoms with van der Waals surface area (Å²) in [6, 6.07) is 6.73. The summed E-state index contributed by atoms with van der Waals surface area (Å²) in [4.78, 5) is 38.5. The Labute approximate surface area is 199 Å². The van der Waals surface area contributed by atoms with Gasteiger partial charge >= 0.3 is 5.97 Å². The summed E-state index contributed by atoms with van der Waals surface area (Å²) in [5.74, 6) is -1.14. The monoisotopic (exact) mass is 452 g/mol. The van der Waals surface area contributed by atoms with E-state index in [1.165, 1.54) is 51.4 Å². The molecule has 1 aliphatic rings. The molecule has 0 unspecified atom stereocenters. The number of benzene rings is 1. The van der Waals surface area contributed by atoms with Crippen molar-refractivity contribution in [2.24, 2.45) is 0 Å². The molecule has 0 fully saturated rings. The number of ether oxygens (including phenoxy) is 1. The smallest absolute Gasteiger partial charge is 0.311 e. The zero-order chi connectivity index (χ0) is 24.1. The van der Waals surface area contributed by atoms with Gasteiger partial charge in [0.25, 0.3) is 0 Å². The van der Waals surface area contributed by atoms with Crippen molar-refractivity contribution in [3.8, 4) is 0 Å². The van der Waals surface area contributed by atoms with E-state index in [4.69, 9.17) is 4.74 Å². The van der Waals surface area contributed by atoms with E-state index in [-0.39, 0.29) is 35.7 Å². The van der Waals surface area contributed by atoms with Gasteiger partial charge in [0.2, 0.25) is 5.78 Å². The molecule has 0 aromatic heterocycles. The third kappa shape index (κ3) is 8.75. The first-order valence-electron chi connectivity index (χ1n) is 12.7. The van der Waals surface area contributed by atoms with Crippen LogP contribution in [0.2, 0.25) is 0 Å². The summed E-state index contributed by atoms with van der Waals surface area (Å²) < 4.78 is 5.51. The maximum absolute atomic E-state index is 13.0. The first-order valence-corrected chi connectivity index (χ1v) is 12.7. The Kier molecular flexibility index (Phi) is 11.9. The summed E-state index contributed by atoms with van der Waals surface area (Å²) in [6.45, 7) is 6.10. The van der Waals surface area contributed by atoms with Gasteiger partial charge in [0.05, 0.1) is 5.57 Å². The van der Waals surface area contributed by atoms with Crippen LogP contribution in [-0.2, 0) is 9.53 Å². The Morgan fingerprint density at radius 3 is 1.85 bits per heavy atom. The zero-order valence-electron chi connectivity index (χ0n) is 20.7. The lowest BCUT2D eigenvalue weighted by molar-refractivity contribution is -0.139. The zero-order valence-corrected chi connectivity index (χ0v) is 20.7. The van der Waals surface area contributed by atoms with Crippen LogP contribution in [0, 0.1) is 0 Å². The van der Waals surface area contributed by atoms with Crippen molar-refractivity contribution in [1.82, 2.24) is 0 Å². The molecular weight excluding hydrogens is 412 g/mol. The van der Waals surface area contributed by atoms with Crippen molar-refractivity contribution in [3.63, 3.8) is 0 Å². The molecule has 0 saturated carbocycles. The number of esters is 1. The second kappa shape index (κ2) is 14.6. The van der Waals surface area contributed by atoms with Crippen LogP contribution in [0.1, 0.15) is 125 Å². The molecule has 4 nitrogen and oxygen atoms in total. The van der Waals surface area contributed by atoms with Gasteiger partial charge in [-0.2, -0.15) is 0 Å². The van der Waals surface area contributed by atoms with Crippen molar-refractivity contribution in [3.05, 3.63) is 58.4 Å². The highest BCUT2D eigenvalue weighted by Crippen LogP contribution is 2.30. The third-order valence-electron chi connectivity index (χ3n) is 6.09. The SMILES string of the molecule is CCCCCCCCCCCCCC(=O)OC1=C(CC=C(C)C)C(=O)c2ccccc2C1=O.